The molecule has 0 radical (unpaired) electrons. The number of nitrogens with zero attached hydrogens (tertiary/aromatic N) is 1. The molecule has 2 unspecified atom stereocenters. The van der Waals surface area contributed by atoms with Crippen LogP contribution in [0.5, 0.6) is 0 Å². The third kappa shape index (κ3) is 84.0. The Bertz CT molecular complexity index is 1610. The van der Waals surface area contributed by atoms with Crippen LogP contribution in [0.3, 0.4) is 0 Å². The molecule has 0 amide bonds. The summed E-state index contributed by atoms with van der Waals surface area (Å²) in [6.07, 6.45) is 101. The first kappa shape index (κ1) is 97.0. The number of unbranched alkanes of at least 4 members (excludes halogenated alkanes) is 72. The Morgan fingerprint density at radius 3 is 0.653 bits per heavy atom. The predicted molar refractivity (Wildman–Crippen MR) is 425 cm³/mol. The van der Waals surface area contributed by atoms with Crippen LogP contribution in [0.15, 0.2) is 0 Å². The summed E-state index contributed by atoms with van der Waals surface area (Å²) in [6, 6.07) is 0. The van der Waals surface area contributed by atoms with Gasteiger partial charge in [0.15, 0.2) is 6.10 Å². The van der Waals surface area contributed by atoms with Crippen LogP contribution in [-0.4, -0.2) is 70.0 Å². The highest BCUT2D eigenvalue weighted by Gasteiger charge is 2.22. The third-order valence-corrected chi connectivity index (χ3v) is 22.1. The Morgan fingerprint density at radius 1 is 0.276 bits per heavy atom. The Hall–Kier alpha value is -0.990. The molecule has 0 saturated heterocycles. The zero-order valence-electron chi connectivity index (χ0n) is 67.3. The van der Waals surface area contributed by atoms with E-state index in [9.17, 15) is 19.0 Å². The SMILES string of the molecule is CCCCCCCCCCCCCCCCCCCCCCCCCCCCCCCCCCCCCCCCCCCC(=O)OC(COC(=O)CCCCCCCCCCCCCCCCCCCCCCCCCCCCCCCCCCC)COP(=O)([O-])OCC[N+](C)(C)C. The molecule has 0 aliphatic carbocycles. The summed E-state index contributed by atoms with van der Waals surface area (Å²) in [5.41, 5.74) is 0. The number of hydrogen-bond donors (Lipinski definition) is 0. The molecule has 0 N–H and O–H groups in total. The highest BCUT2D eigenvalue weighted by Crippen LogP contribution is 2.38. The fourth-order valence-corrected chi connectivity index (χ4v) is 15.0. The van der Waals surface area contributed by atoms with Gasteiger partial charge in [-0.05, 0) is 12.8 Å². The summed E-state index contributed by atoms with van der Waals surface area (Å²) in [6.45, 7) is 4.36. The highest BCUT2D eigenvalue weighted by atomic mass is 31.2. The summed E-state index contributed by atoms with van der Waals surface area (Å²) in [5.74, 6) is -0.798. The molecule has 0 aromatic rings. The summed E-state index contributed by atoms with van der Waals surface area (Å²) in [4.78, 5) is 38.2. The summed E-state index contributed by atoms with van der Waals surface area (Å²) < 4.78 is 34.5. The second-order valence-corrected chi connectivity index (χ2v) is 33.8. The monoisotopic (exact) mass is 1410 g/mol. The van der Waals surface area contributed by atoms with Crippen molar-refractivity contribution in [2.24, 2.45) is 0 Å². The van der Waals surface area contributed by atoms with Crippen LogP contribution in [-0.2, 0) is 32.7 Å². The smallest absolute Gasteiger partial charge is 0.306 e. The lowest BCUT2D eigenvalue weighted by molar-refractivity contribution is -0.870. The number of rotatable bonds is 86. The maximum absolute atomic E-state index is 12.9. The minimum Gasteiger partial charge on any atom is -0.756 e. The lowest BCUT2D eigenvalue weighted by Crippen LogP contribution is -2.37. The number of likely N-dealkylation sites (N-methyl/N-ethyl adjacent to an activating group) is 1. The van der Waals surface area contributed by atoms with Crippen molar-refractivity contribution in [3.05, 3.63) is 0 Å². The van der Waals surface area contributed by atoms with Crippen molar-refractivity contribution in [1.29, 1.82) is 0 Å². The van der Waals surface area contributed by atoms with Crippen LogP contribution in [0.1, 0.15) is 502 Å². The standard InChI is InChI=1S/C88H176NO8P/c1-6-8-10-12-14-16-18-20-22-24-26-28-30-32-34-36-38-40-41-42-43-44-45-46-47-49-51-53-55-57-59-61-63-65-67-69-71-73-75-77-79-81-88(91)97-86(85-96-98(92,93)95-83-82-89(3,4)5)84-94-87(90)80-78-76-74-72-70-68-66-64-62-60-58-56-54-52-50-48-39-37-35-33-31-29-27-25-23-21-19-17-15-13-11-9-7-2/h86H,6-85H2,1-5H3. The molecule has 0 aromatic heterocycles. The number of hydrogen-bond acceptors (Lipinski definition) is 8. The maximum Gasteiger partial charge on any atom is 0.306 e. The molecule has 0 fully saturated rings. The lowest BCUT2D eigenvalue weighted by Gasteiger charge is -2.28. The van der Waals surface area contributed by atoms with Crippen molar-refractivity contribution >= 4 is 19.8 Å². The normalized spacial score (nSPS) is 12.8. The molecule has 9 nitrogen and oxygen atoms in total. The minimum absolute atomic E-state index is 0.0245. The van der Waals surface area contributed by atoms with Gasteiger partial charge in [0.25, 0.3) is 7.82 Å². The van der Waals surface area contributed by atoms with Crippen LogP contribution in [0.25, 0.3) is 0 Å². The second kappa shape index (κ2) is 80.1. The van der Waals surface area contributed by atoms with Gasteiger partial charge in [-0.1, -0.05) is 476 Å². The molecule has 0 spiro atoms. The number of ether oxygens (including phenoxy) is 2. The van der Waals surface area contributed by atoms with Crippen molar-refractivity contribution < 1.29 is 42.1 Å². The molecule has 0 aromatic carbocycles. The zero-order chi connectivity index (χ0) is 71.1. The van der Waals surface area contributed by atoms with Crippen molar-refractivity contribution in [2.45, 2.75) is 508 Å². The van der Waals surface area contributed by atoms with E-state index in [4.69, 9.17) is 18.5 Å². The second-order valence-electron chi connectivity index (χ2n) is 32.3. The molecule has 10 heteroatoms. The average Bonchev–Trinajstić information content (AvgIpc) is 1.08. The first-order valence-electron chi connectivity index (χ1n) is 44.7. The molecule has 586 valence electrons. The average molecular weight is 1410 g/mol. The first-order valence-corrected chi connectivity index (χ1v) is 46.2. The van der Waals surface area contributed by atoms with Gasteiger partial charge >= 0.3 is 11.9 Å². The molecule has 0 aliphatic heterocycles. The van der Waals surface area contributed by atoms with E-state index in [1.165, 1.54) is 437 Å². The van der Waals surface area contributed by atoms with Crippen LogP contribution in [0.4, 0.5) is 0 Å². The molecule has 98 heavy (non-hydrogen) atoms. The van der Waals surface area contributed by atoms with Crippen molar-refractivity contribution in [3.63, 3.8) is 0 Å². The Balaban J connectivity index is 3.81. The van der Waals surface area contributed by atoms with E-state index in [1.807, 2.05) is 21.1 Å². The van der Waals surface area contributed by atoms with Gasteiger partial charge in [-0.25, -0.2) is 0 Å². The Morgan fingerprint density at radius 2 is 0.459 bits per heavy atom. The van der Waals surface area contributed by atoms with E-state index in [-0.39, 0.29) is 32.0 Å². The Kier molecular flexibility index (Phi) is 79.3. The first-order chi connectivity index (χ1) is 48.0. The minimum atomic E-state index is -4.64. The van der Waals surface area contributed by atoms with E-state index in [0.717, 1.165) is 32.1 Å². The molecule has 2 atom stereocenters. The van der Waals surface area contributed by atoms with Crippen molar-refractivity contribution in [2.75, 3.05) is 47.5 Å². The molecule has 0 bridgehead atoms. The van der Waals surface area contributed by atoms with E-state index in [1.54, 1.807) is 0 Å². The van der Waals surface area contributed by atoms with E-state index in [2.05, 4.69) is 13.8 Å². The molecule has 0 aliphatic rings. The van der Waals surface area contributed by atoms with Crippen LogP contribution < -0.4 is 4.89 Å². The maximum atomic E-state index is 12.9. The van der Waals surface area contributed by atoms with Crippen molar-refractivity contribution in [3.8, 4) is 0 Å². The Labute approximate surface area is 614 Å². The zero-order valence-corrected chi connectivity index (χ0v) is 68.2. The van der Waals surface area contributed by atoms with Gasteiger partial charge in [-0.3, -0.25) is 14.2 Å². The topological polar surface area (TPSA) is 111 Å². The van der Waals surface area contributed by atoms with Crippen molar-refractivity contribution in [1.82, 2.24) is 0 Å². The number of esters is 2. The van der Waals surface area contributed by atoms with Gasteiger partial charge < -0.3 is 27.9 Å². The molecular formula is C88H176NO8P. The third-order valence-electron chi connectivity index (χ3n) is 21.1. The summed E-state index contributed by atoms with van der Waals surface area (Å²) >= 11 is 0. The fourth-order valence-electron chi connectivity index (χ4n) is 14.3. The number of carbonyl (C=O) groups is 2. The lowest BCUT2D eigenvalue weighted by atomic mass is 10.0. The van der Waals surface area contributed by atoms with Crippen LogP contribution in [0, 0.1) is 0 Å². The summed E-state index contributed by atoms with van der Waals surface area (Å²) in [5, 5.41) is 0. The van der Waals surface area contributed by atoms with E-state index < -0.39 is 26.5 Å². The number of carbonyl (C=O) groups excluding carboxylic acids is 2. The number of phosphoric ester groups is 1. The van der Waals surface area contributed by atoms with Gasteiger partial charge in [0.2, 0.25) is 0 Å². The van der Waals surface area contributed by atoms with Crippen LogP contribution >= 0.6 is 7.82 Å². The quantitative estimate of drug-likeness (QED) is 0.0256. The summed E-state index contributed by atoms with van der Waals surface area (Å²) in [7, 11) is 1.20. The van der Waals surface area contributed by atoms with E-state index in [0.29, 0.717) is 17.4 Å². The fraction of sp³-hybridized carbons (Fsp3) is 0.977. The van der Waals surface area contributed by atoms with Gasteiger partial charge in [-0.2, -0.15) is 0 Å². The van der Waals surface area contributed by atoms with Crippen LogP contribution in [0.2, 0.25) is 0 Å². The highest BCUT2D eigenvalue weighted by molar-refractivity contribution is 7.45. The molecular weight excluding hydrogens is 1230 g/mol. The van der Waals surface area contributed by atoms with Gasteiger partial charge in [-0.15, -0.1) is 0 Å². The van der Waals surface area contributed by atoms with Gasteiger partial charge in [0.05, 0.1) is 27.7 Å². The molecule has 0 heterocycles. The molecule has 0 saturated carbocycles. The van der Waals surface area contributed by atoms with E-state index >= 15 is 0 Å². The van der Waals surface area contributed by atoms with Gasteiger partial charge in [0.1, 0.15) is 19.8 Å². The number of quaternary nitrogens is 1. The molecule has 0 rings (SSSR count). The van der Waals surface area contributed by atoms with Gasteiger partial charge in [0, 0.05) is 12.8 Å². The predicted octanol–water partition coefficient (Wildman–Crippen LogP) is 29.3. The largest absolute Gasteiger partial charge is 0.756 e. The number of phosphoric acid groups is 1.